The van der Waals surface area contributed by atoms with Crippen LogP contribution >= 0.6 is 0 Å². The Hall–Kier alpha value is -2.67. The average Bonchev–Trinajstić information content (AvgIpc) is 3.18. The predicted molar refractivity (Wildman–Crippen MR) is 102 cm³/mol. The molecule has 0 radical (unpaired) electrons. The van der Waals surface area contributed by atoms with E-state index in [9.17, 15) is 14.4 Å². The van der Waals surface area contributed by atoms with E-state index < -0.39 is 17.8 Å². The van der Waals surface area contributed by atoms with Gasteiger partial charge in [0.05, 0.1) is 12.6 Å². The molecule has 0 unspecified atom stereocenters. The zero-order valence-electron chi connectivity index (χ0n) is 15.7. The second-order valence-electron chi connectivity index (χ2n) is 6.63. The molecule has 3 rings (SSSR count). The van der Waals surface area contributed by atoms with Crippen LogP contribution in [0.15, 0.2) is 29.8 Å². The van der Waals surface area contributed by atoms with Crippen LogP contribution in [0.3, 0.4) is 0 Å². The molecule has 0 aromatic heterocycles. The lowest BCUT2D eigenvalue weighted by atomic mass is 10.1. The minimum atomic E-state index is -0.686. The maximum Gasteiger partial charge on any atom is 0.331 e. The summed E-state index contributed by atoms with van der Waals surface area (Å²) in [5.41, 5.74) is 1.77. The molecule has 27 heavy (non-hydrogen) atoms. The van der Waals surface area contributed by atoms with Crippen molar-refractivity contribution in [3.8, 4) is 0 Å². The lowest BCUT2D eigenvalue weighted by Crippen LogP contribution is -2.55. The molecule has 1 N–H and O–H groups in total. The number of hydrogen-bond donors (Lipinski definition) is 1. The number of benzene rings is 1. The third kappa shape index (κ3) is 4.19. The van der Waals surface area contributed by atoms with E-state index in [2.05, 4.69) is 24.1 Å². The van der Waals surface area contributed by atoms with Crippen LogP contribution in [-0.4, -0.2) is 55.1 Å². The number of nitrogens with zero attached hydrogens (tertiary/aromatic N) is 2. The molecule has 0 spiro atoms. The first-order valence-corrected chi connectivity index (χ1v) is 9.39. The molecule has 7 heteroatoms. The molecule has 2 aliphatic rings. The molecule has 1 aromatic rings. The number of carbonyl (C=O) groups is 3. The summed E-state index contributed by atoms with van der Waals surface area (Å²) in [5.74, 6) is -1.24. The van der Waals surface area contributed by atoms with Gasteiger partial charge in [-0.2, -0.15) is 0 Å². The molecule has 144 valence electrons. The largest absolute Gasteiger partial charge is 0.376 e. The number of barbiturate groups is 1. The lowest BCUT2D eigenvalue weighted by molar-refractivity contribution is -0.131. The number of urea groups is 1. The van der Waals surface area contributed by atoms with E-state index in [0.717, 1.165) is 42.1 Å². The summed E-state index contributed by atoms with van der Waals surface area (Å²) >= 11 is 0. The van der Waals surface area contributed by atoms with Gasteiger partial charge in [0, 0.05) is 25.4 Å². The van der Waals surface area contributed by atoms with Gasteiger partial charge in [-0.15, -0.1) is 0 Å². The molecule has 2 fully saturated rings. The maximum absolute atomic E-state index is 12.7. The topological polar surface area (TPSA) is 79.0 Å². The van der Waals surface area contributed by atoms with Gasteiger partial charge in [0.15, 0.2) is 0 Å². The van der Waals surface area contributed by atoms with Crippen LogP contribution < -0.4 is 10.2 Å². The average molecular weight is 371 g/mol. The van der Waals surface area contributed by atoms with Crippen molar-refractivity contribution in [1.82, 2.24) is 10.2 Å². The van der Waals surface area contributed by atoms with Gasteiger partial charge in [-0.1, -0.05) is 12.1 Å². The fourth-order valence-electron chi connectivity index (χ4n) is 3.39. The van der Waals surface area contributed by atoms with Crippen molar-refractivity contribution in [1.29, 1.82) is 0 Å². The van der Waals surface area contributed by atoms with Gasteiger partial charge in [0.25, 0.3) is 11.8 Å². The highest BCUT2D eigenvalue weighted by molar-refractivity contribution is 6.31. The van der Waals surface area contributed by atoms with Crippen molar-refractivity contribution in [3.63, 3.8) is 0 Å². The number of anilines is 1. The normalized spacial score (nSPS) is 21.7. The summed E-state index contributed by atoms with van der Waals surface area (Å²) in [7, 11) is 0. The highest BCUT2D eigenvalue weighted by Crippen LogP contribution is 2.20. The molecule has 0 saturated carbocycles. The van der Waals surface area contributed by atoms with Crippen molar-refractivity contribution in [2.45, 2.75) is 32.8 Å². The number of amides is 4. The van der Waals surface area contributed by atoms with Crippen LogP contribution in [0.5, 0.6) is 0 Å². The number of hydrogen-bond acceptors (Lipinski definition) is 5. The second kappa shape index (κ2) is 8.35. The van der Waals surface area contributed by atoms with Crippen molar-refractivity contribution in [3.05, 3.63) is 35.4 Å². The van der Waals surface area contributed by atoms with Crippen LogP contribution in [0.25, 0.3) is 6.08 Å². The number of carbonyl (C=O) groups excluding carboxylic acids is 3. The first-order valence-electron chi connectivity index (χ1n) is 9.39. The number of ether oxygens (including phenoxy) is 1. The van der Waals surface area contributed by atoms with Gasteiger partial charge < -0.3 is 9.64 Å². The smallest absolute Gasteiger partial charge is 0.331 e. The lowest BCUT2D eigenvalue weighted by Gasteiger charge is -2.28. The predicted octanol–water partition coefficient (Wildman–Crippen LogP) is 2.17. The molecule has 2 heterocycles. The van der Waals surface area contributed by atoms with E-state index in [-0.39, 0.29) is 18.2 Å². The molecule has 0 bridgehead atoms. The Balaban J connectivity index is 1.79. The van der Waals surface area contributed by atoms with Gasteiger partial charge in [0.1, 0.15) is 5.57 Å². The molecule has 0 aliphatic carbocycles. The Labute approximate surface area is 159 Å². The van der Waals surface area contributed by atoms with Crippen molar-refractivity contribution >= 4 is 29.6 Å². The monoisotopic (exact) mass is 371 g/mol. The summed E-state index contributed by atoms with van der Waals surface area (Å²) in [5, 5.41) is 2.25. The number of nitrogens with one attached hydrogen (secondary N) is 1. The Kier molecular flexibility index (Phi) is 5.91. The molecular formula is C20H25N3O4. The van der Waals surface area contributed by atoms with E-state index >= 15 is 0 Å². The summed E-state index contributed by atoms with van der Waals surface area (Å²) in [6.45, 7) is 6.77. The second-order valence-corrected chi connectivity index (χ2v) is 6.63. The first kappa shape index (κ1) is 19.1. The Morgan fingerprint density at radius 3 is 2.48 bits per heavy atom. The molecular weight excluding hydrogens is 346 g/mol. The van der Waals surface area contributed by atoms with E-state index in [1.165, 1.54) is 6.08 Å². The Morgan fingerprint density at radius 2 is 1.89 bits per heavy atom. The molecule has 1 aromatic carbocycles. The van der Waals surface area contributed by atoms with Crippen molar-refractivity contribution < 1.29 is 19.1 Å². The summed E-state index contributed by atoms with van der Waals surface area (Å²) in [4.78, 5) is 40.2. The molecule has 2 aliphatic heterocycles. The number of imide groups is 2. The summed E-state index contributed by atoms with van der Waals surface area (Å²) in [6, 6.07) is 6.96. The minimum absolute atomic E-state index is 0.0387. The maximum atomic E-state index is 12.7. The van der Waals surface area contributed by atoms with Gasteiger partial charge in [-0.25, -0.2) is 4.79 Å². The third-order valence-electron chi connectivity index (χ3n) is 4.93. The third-order valence-corrected chi connectivity index (χ3v) is 4.93. The Morgan fingerprint density at radius 1 is 1.19 bits per heavy atom. The quantitative estimate of drug-likeness (QED) is 0.612. The summed E-state index contributed by atoms with van der Waals surface area (Å²) < 4.78 is 5.51. The van der Waals surface area contributed by atoms with Crippen LogP contribution in [0.4, 0.5) is 10.5 Å². The van der Waals surface area contributed by atoms with Crippen LogP contribution in [0.1, 0.15) is 32.3 Å². The highest BCUT2D eigenvalue weighted by atomic mass is 16.5. The highest BCUT2D eigenvalue weighted by Gasteiger charge is 2.37. The zero-order valence-corrected chi connectivity index (χ0v) is 15.7. The van der Waals surface area contributed by atoms with Crippen molar-refractivity contribution in [2.24, 2.45) is 0 Å². The van der Waals surface area contributed by atoms with Crippen LogP contribution in [0.2, 0.25) is 0 Å². The number of rotatable bonds is 6. The van der Waals surface area contributed by atoms with Gasteiger partial charge >= 0.3 is 6.03 Å². The van der Waals surface area contributed by atoms with Gasteiger partial charge in [0.2, 0.25) is 0 Å². The fraction of sp³-hybridized carbons (Fsp3) is 0.450. The zero-order chi connectivity index (χ0) is 19.4. The molecule has 1 atom stereocenters. The van der Waals surface area contributed by atoms with Gasteiger partial charge in [-0.3, -0.25) is 19.8 Å². The minimum Gasteiger partial charge on any atom is -0.376 e. The van der Waals surface area contributed by atoms with E-state index in [0.29, 0.717) is 6.61 Å². The molecule has 4 amide bonds. The Bertz CT molecular complexity index is 747. The van der Waals surface area contributed by atoms with Crippen LogP contribution in [0, 0.1) is 0 Å². The molecule has 7 nitrogen and oxygen atoms in total. The first-order chi connectivity index (χ1) is 13.0. The van der Waals surface area contributed by atoms with Crippen molar-refractivity contribution in [2.75, 3.05) is 31.1 Å². The molecule has 2 saturated heterocycles. The summed E-state index contributed by atoms with van der Waals surface area (Å²) in [6.07, 6.45) is 3.08. The van der Waals surface area contributed by atoms with Crippen LogP contribution in [-0.2, 0) is 14.3 Å². The van der Waals surface area contributed by atoms with Gasteiger partial charge in [-0.05, 0) is 50.5 Å². The van der Waals surface area contributed by atoms with E-state index in [1.807, 2.05) is 24.3 Å². The standard InChI is InChI=1S/C20H25N3O4/c1-3-22(4-2)15-9-7-14(8-10-15)12-17-18(24)21-20(26)23(19(17)25)13-16-6-5-11-27-16/h7-10,12,16H,3-6,11,13H2,1-2H3,(H,21,24,26)/b17-12-/t16-/m1/s1. The fourth-order valence-corrected chi connectivity index (χ4v) is 3.39. The SMILES string of the molecule is CCN(CC)c1ccc(/C=C2/C(=O)NC(=O)N(C[C@H]3CCCO3)C2=O)cc1. The van der Waals surface area contributed by atoms with E-state index in [4.69, 9.17) is 4.74 Å². The van der Waals surface area contributed by atoms with E-state index in [1.54, 1.807) is 0 Å².